The third kappa shape index (κ3) is 5.69. The number of carbonyl (C=O) groups excluding carboxylic acids is 4. The summed E-state index contributed by atoms with van der Waals surface area (Å²) in [5.41, 5.74) is 1.62. The number of nitrogens with one attached hydrogen (secondary N) is 3. The third-order valence-electron chi connectivity index (χ3n) is 7.61. The minimum Gasteiger partial charge on any atom is -0.489 e. The van der Waals surface area contributed by atoms with Gasteiger partial charge in [0.15, 0.2) is 12.1 Å². The number of rotatable bonds is 8. The molecule has 5 amide bonds. The van der Waals surface area contributed by atoms with E-state index in [0.717, 1.165) is 22.2 Å². The molecule has 2 aliphatic rings. The van der Waals surface area contributed by atoms with Crippen LogP contribution in [-0.2, 0) is 16.2 Å². The van der Waals surface area contributed by atoms with Crippen molar-refractivity contribution in [1.82, 2.24) is 25.8 Å². The van der Waals surface area contributed by atoms with Gasteiger partial charge in [-0.3, -0.25) is 24.7 Å². The number of hydrogen-bond donors (Lipinski definition) is 3. The summed E-state index contributed by atoms with van der Waals surface area (Å²) in [5.74, 6) is -0.351. The Morgan fingerprint density at radius 1 is 0.977 bits per heavy atom. The lowest BCUT2D eigenvalue weighted by atomic mass is 9.93. The smallest absolute Gasteiger partial charge is 0.322 e. The lowest BCUT2D eigenvalue weighted by Crippen LogP contribution is -2.62. The van der Waals surface area contributed by atoms with Gasteiger partial charge in [0, 0.05) is 28.8 Å². The molecule has 3 heterocycles. The van der Waals surface area contributed by atoms with Gasteiger partial charge in [-0.15, -0.1) is 0 Å². The van der Waals surface area contributed by atoms with E-state index in [1.54, 1.807) is 48.5 Å². The highest BCUT2D eigenvalue weighted by atomic mass is 16.5. The summed E-state index contributed by atoms with van der Waals surface area (Å²) in [6, 6.07) is 23.8. The van der Waals surface area contributed by atoms with E-state index in [0.29, 0.717) is 23.7 Å². The van der Waals surface area contributed by atoms with E-state index in [1.807, 2.05) is 43.3 Å². The van der Waals surface area contributed by atoms with E-state index in [1.165, 1.54) is 4.90 Å². The zero-order valence-electron chi connectivity index (χ0n) is 23.3. The van der Waals surface area contributed by atoms with Crippen LogP contribution >= 0.6 is 0 Å². The molecule has 0 bridgehead atoms. The number of amides is 5. The number of carbonyl (C=O) groups is 4. The second-order valence-electron chi connectivity index (χ2n) is 10.5. The summed E-state index contributed by atoms with van der Waals surface area (Å²) >= 11 is 0. The molecule has 2 aliphatic heterocycles. The van der Waals surface area contributed by atoms with E-state index >= 15 is 0 Å². The number of likely N-dealkylation sites (tertiary alicyclic amines) is 1. The summed E-state index contributed by atoms with van der Waals surface area (Å²) in [6.07, 6.45) is 0. The Morgan fingerprint density at radius 2 is 1.70 bits per heavy atom. The van der Waals surface area contributed by atoms with Crippen molar-refractivity contribution >= 4 is 34.7 Å². The maximum absolute atomic E-state index is 13.3. The number of fused-ring (bicyclic) bond motifs is 1. The molecule has 0 aliphatic carbocycles. The predicted molar refractivity (Wildman–Crippen MR) is 156 cm³/mol. The van der Waals surface area contributed by atoms with Crippen LogP contribution in [0.15, 0.2) is 84.9 Å². The fraction of sp³-hybridized carbons (Fsp3) is 0.219. The van der Waals surface area contributed by atoms with Crippen molar-refractivity contribution in [2.24, 2.45) is 0 Å². The summed E-state index contributed by atoms with van der Waals surface area (Å²) in [6.45, 7) is 1.91. The minimum absolute atomic E-state index is 0.0108. The fourth-order valence-electron chi connectivity index (χ4n) is 5.45. The van der Waals surface area contributed by atoms with Crippen LogP contribution in [0.3, 0.4) is 0 Å². The predicted octanol–water partition coefficient (Wildman–Crippen LogP) is 2.72. The van der Waals surface area contributed by atoms with Gasteiger partial charge in [-0.1, -0.05) is 36.4 Å². The number of para-hydroxylation sites is 2. The SMILES string of the molecule is Cc1cc(COc2ccc(C(=O)NC3CN(C(=O)COc4ccccc4)CC34NC(=O)NC4=O)cc2)c2ccccc2n1. The highest BCUT2D eigenvalue weighted by Gasteiger charge is 2.58. The molecule has 2 saturated heterocycles. The number of nitrogens with zero attached hydrogens (tertiary/aromatic N) is 2. The van der Waals surface area contributed by atoms with E-state index in [2.05, 4.69) is 20.9 Å². The van der Waals surface area contributed by atoms with Crippen molar-refractivity contribution in [2.75, 3.05) is 19.7 Å². The number of pyridine rings is 1. The van der Waals surface area contributed by atoms with Crippen LogP contribution in [0.5, 0.6) is 11.5 Å². The Balaban J connectivity index is 1.12. The van der Waals surface area contributed by atoms with Gasteiger partial charge >= 0.3 is 6.03 Å². The molecule has 1 aromatic heterocycles. The van der Waals surface area contributed by atoms with Gasteiger partial charge in [-0.05, 0) is 55.5 Å². The third-order valence-corrected chi connectivity index (χ3v) is 7.61. The van der Waals surface area contributed by atoms with Crippen molar-refractivity contribution in [3.8, 4) is 11.5 Å². The molecule has 6 rings (SSSR count). The number of aryl methyl sites for hydroxylation is 1. The topological polar surface area (TPSA) is 139 Å². The summed E-state index contributed by atoms with van der Waals surface area (Å²) < 4.78 is 11.6. The number of hydrogen-bond acceptors (Lipinski definition) is 7. The average molecular weight is 580 g/mol. The minimum atomic E-state index is -1.50. The molecule has 11 nitrogen and oxygen atoms in total. The van der Waals surface area contributed by atoms with Crippen LogP contribution in [0, 0.1) is 6.92 Å². The van der Waals surface area contributed by atoms with Crippen molar-refractivity contribution in [2.45, 2.75) is 25.1 Å². The van der Waals surface area contributed by atoms with Gasteiger partial charge in [-0.25, -0.2) is 4.79 Å². The Hall–Kier alpha value is -5.45. The first kappa shape index (κ1) is 27.7. The first-order valence-corrected chi connectivity index (χ1v) is 13.8. The summed E-state index contributed by atoms with van der Waals surface area (Å²) in [4.78, 5) is 57.2. The van der Waals surface area contributed by atoms with Gasteiger partial charge in [-0.2, -0.15) is 0 Å². The monoisotopic (exact) mass is 579 g/mol. The normalized spacial score (nSPS) is 19.3. The zero-order valence-corrected chi connectivity index (χ0v) is 23.3. The van der Waals surface area contributed by atoms with Crippen LogP contribution in [0.1, 0.15) is 21.6 Å². The molecular formula is C32H29N5O6. The molecular weight excluding hydrogens is 550 g/mol. The molecule has 4 aromatic rings. The van der Waals surface area contributed by atoms with E-state index in [9.17, 15) is 19.2 Å². The number of aromatic nitrogens is 1. The van der Waals surface area contributed by atoms with Gasteiger partial charge in [0.05, 0.1) is 18.1 Å². The zero-order chi connectivity index (χ0) is 30.0. The number of benzene rings is 3. The number of imide groups is 1. The van der Waals surface area contributed by atoms with E-state index < -0.39 is 29.4 Å². The second-order valence-corrected chi connectivity index (χ2v) is 10.5. The van der Waals surface area contributed by atoms with Crippen molar-refractivity contribution in [3.05, 3.63) is 102 Å². The summed E-state index contributed by atoms with van der Waals surface area (Å²) in [5, 5.41) is 8.71. The standard InChI is InChI=1S/C32H29N5O6/c1-20-15-22(25-9-5-6-10-26(25)33-20)17-42-24-13-11-21(12-14-24)29(39)34-27-16-37(19-32(27)30(40)35-31(41)36-32)28(38)18-43-23-7-3-2-4-8-23/h2-15,27H,16-19H2,1H3,(H,34,39)(H2,35,36,40,41). The van der Waals surface area contributed by atoms with Gasteiger partial charge in [0.25, 0.3) is 17.7 Å². The molecule has 1 spiro atoms. The maximum Gasteiger partial charge on any atom is 0.322 e. The lowest BCUT2D eigenvalue weighted by molar-refractivity contribution is -0.132. The Labute approximate surface area is 247 Å². The molecule has 2 unspecified atom stereocenters. The molecule has 11 heteroatoms. The maximum atomic E-state index is 13.3. The van der Waals surface area contributed by atoms with Crippen LogP contribution in [-0.4, -0.2) is 64.9 Å². The molecule has 0 radical (unpaired) electrons. The molecule has 3 N–H and O–H groups in total. The van der Waals surface area contributed by atoms with Crippen molar-refractivity contribution < 1.29 is 28.7 Å². The number of ether oxygens (including phenoxy) is 2. The Bertz CT molecular complexity index is 1710. The molecule has 0 saturated carbocycles. The molecule has 43 heavy (non-hydrogen) atoms. The molecule has 218 valence electrons. The van der Waals surface area contributed by atoms with Crippen molar-refractivity contribution in [3.63, 3.8) is 0 Å². The van der Waals surface area contributed by atoms with E-state index in [-0.39, 0.29) is 25.6 Å². The van der Waals surface area contributed by atoms with E-state index in [4.69, 9.17) is 9.47 Å². The average Bonchev–Trinajstić information content (AvgIpc) is 3.52. The Kier molecular flexibility index (Phi) is 7.37. The highest BCUT2D eigenvalue weighted by molar-refractivity contribution is 6.09. The largest absolute Gasteiger partial charge is 0.489 e. The van der Waals surface area contributed by atoms with Crippen LogP contribution in [0.25, 0.3) is 10.9 Å². The van der Waals surface area contributed by atoms with Crippen LogP contribution in [0.4, 0.5) is 4.79 Å². The van der Waals surface area contributed by atoms with Gasteiger partial charge in [0.2, 0.25) is 0 Å². The Morgan fingerprint density at radius 3 is 2.44 bits per heavy atom. The highest BCUT2D eigenvalue weighted by Crippen LogP contribution is 2.27. The first-order valence-electron chi connectivity index (χ1n) is 13.8. The quantitative estimate of drug-likeness (QED) is 0.273. The van der Waals surface area contributed by atoms with Crippen LogP contribution < -0.4 is 25.4 Å². The van der Waals surface area contributed by atoms with Crippen molar-refractivity contribution in [1.29, 1.82) is 0 Å². The fourth-order valence-corrected chi connectivity index (χ4v) is 5.45. The molecule has 2 atom stereocenters. The lowest BCUT2D eigenvalue weighted by Gasteiger charge is -2.27. The van der Waals surface area contributed by atoms with Gasteiger partial charge in [0.1, 0.15) is 18.1 Å². The second kappa shape index (κ2) is 11.4. The molecule has 3 aromatic carbocycles. The summed E-state index contributed by atoms with van der Waals surface area (Å²) in [7, 11) is 0. The molecule has 2 fully saturated rings. The van der Waals surface area contributed by atoms with Crippen LogP contribution in [0.2, 0.25) is 0 Å². The van der Waals surface area contributed by atoms with Gasteiger partial charge < -0.3 is 25.0 Å². The first-order chi connectivity index (χ1) is 20.8. The number of urea groups is 1.